The molecule has 0 amide bonds. The Labute approximate surface area is 138 Å². The van der Waals surface area contributed by atoms with Crippen molar-refractivity contribution in [3.63, 3.8) is 0 Å². The smallest absolute Gasteiger partial charge is 0.203 e. The molecule has 2 aromatic heterocycles. The Kier molecular flexibility index (Phi) is 4.22. The van der Waals surface area contributed by atoms with Crippen LogP contribution in [0.2, 0.25) is 0 Å². The van der Waals surface area contributed by atoms with Crippen LogP contribution >= 0.6 is 11.3 Å². The second kappa shape index (κ2) is 6.46. The summed E-state index contributed by atoms with van der Waals surface area (Å²) in [6.45, 7) is 1.96. The molecule has 0 atom stereocenters. The largest absolute Gasteiger partial charge is 0.339 e. The molecule has 3 rings (SSSR count). The van der Waals surface area contributed by atoms with Crippen molar-refractivity contribution in [3.8, 4) is 17.3 Å². The number of hydrogen-bond acceptors (Lipinski definition) is 5. The zero-order valence-electron chi connectivity index (χ0n) is 12.8. The first-order valence-corrected chi connectivity index (χ1v) is 7.93. The summed E-state index contributed by atoms with van der Waals surface area (Å²) in [4.78, 5) is 4.51. The molecule has 6 heteroatoms. The van der Waals surface area contributed by atoms with Crippen molar-refractivity contribution < 1.29 is 0 Å². The van der Waals surface area contributed by atoms with Crippen molar-refractivity contribution in [2.75, 3.05) is 5.43 Å². The number of nitrogens with one attached hydrogen (secondary N) is 1. The average Bonchev–Trinajstić information content (AvgIpc) is 3.16. The molecule has 0 saturated heterocycles. The summed E-state index contributed by atoms with van der Waals surface area (Å²) in [6, 6.07) is 14.0. The normalized spacial score (nSPS) is 10.8. The Bertz CT molecular complexity index is 884. The maximum absolute atomic E-state index is 9.03. The van der Waals surface area contributed by atoms with Crippen LogP contribution in [0, 0.1) is 18.3 Å². The van der Waals surface area contributed by atoms with Gasteiger partial charge in [-0.3, -0.25) is 5.43 Å². The van der Waals surface area contributed by atoms with Gasteiger partial charge in [0.25, 0.3) is 0 Å². The number of nitrogens with zero attached hydrogens (tertiary/aromatic N) is 4. The van der Waals surface area contributed by atoms with Gasteiger partial charge in [0.15, 0.2) is 0 Å². The van der Waals surface area contributed by atoms with Crippen LogP contribution in [-0.2, 0) is 7.05 Å². The summed E-state index contributed by atoms with van der Waals surface area (Å²) in [7, 11) is 1.87. The molecule has 0 fully saturated rings. The fourth-order valence-electron chi connectivity index (χ4n) is 2.18. The second-order valence-electron chi connectivity index (χ2n) is 5.02. The van der Waals surface area contributed by atoms with Crippen molar-refractivity contribution in [1.82, 2.24) is 9.55 Å². The maximum Gasteiger partial charge on any atom is 0.203 e. The lowest BCUT2D eigenvalue weighted by Gasteiger charge is -1.97. The Morgan fingerprint density at radius 3 is 2.83 bits per heavy atom. The van der Waals surface area contributed by atoms with Crippen LogP contribution in [0.3, 0.4) is 0 Å². The van der Waals surface area contributed by atoms with E-state index in [1.54, 1.807) is 6.21 Å². The van der Waals surface area contributed by atoms with E-state index in [9.17, 15) is 0 Å². The number of hydrogen-bond donors (Lipinski definition) is 1. The van der Waals surface area contributed by atoms with Gasteiger partial charge < -0.3 is 4.57 Å². The van der Waals surface area contributed by atoms with Gasteiger partial charge in [-0.25, -0.2) is 4.98 Å². The lowest BCUT2D eigenvalue weighted by Crippen LogP contribution is -1.95. The molecule has 0 unspecified atom stereocenters. The summed E-state index contributed by atoms with van der Waals surface area (Å²) >= 11 is 1.50. The summed E-state index contributed by atoms with van der Waals surface area (Å²) in [6.07, 6.45) is 1.71. The van der Waals surface area contributed by atoms with E-state index in [0.717, 1.165) is 27.6 Å². The molecule has 3 aromatic rings. The lowest BCUT2D eigenvalue weighted by atomic mass is 10.2. The fourth-order valence-corrected chi connectivity index (χ4v) is 2.85. The molecule has 0 radical (unpaired) electrons. The number of hydrazone groups is 1. The Morgan fingerprint density at radius 2 is 2.13 bits per heavy atom. The Hall–Kier alpha value is -2.91. The first-order valence-electron chi connectivity index (χ1n) is 7.05. The van der Waals surface area contributed by atoms with Gasteiger partial charge in [-0.15, -0.1) is 11.3 Å². The number of rotatable bonds is 4. The van der Waals surface area contributed by atoms with Gasteiger partial charge in [-0.05, 0) is 13.0 Å². The summed E-state index contributed by atoms with van der Waals surface area (Å²) in [5, 5.41) is 16.0. The summed E-state index contributed by atoms with van der Waals surface area (Å²) in [5.74, 6) is 0. The fraction of sp³-hybridized carbons (Fsp3) is 0.118. The zero-order valence-corrected chi connectivity index (χ0v) is 13.6. The predicted octanol–water partition coefficient (Wildman–Crippen LogP) is 3.77. The van der Waals surface area contributed by atoms with Crippen molar-refractivity contribution in [2.24, 2.45) is 12.1 Å². The van der Waals surface area contributed by atoms with Crippen LogP contribution in [0.15, 0.2) is 46.9 Å². The molecule has 5 nitrogen and oxygen atoms in total. The number of anilines is 1. The van der Waals surface area contributed by atoms with Crippen molar-refractivity contribution >= 4 is 22.7 Å². The zero-order chi connectivity index (χ0) is 16.2. The van der Waals surface area contributed by atoms with Crippen LogP contribution in [0.25, 0.3) is 11.3 Å². The highest BCUT2D eigenvalue weighted by atomic mass is 32.1. The molecule has 114 valence electrons. The number of benzene rings is 1. The minimum atomic E-state index is 0.615. The summed E-state index contributed by atoms with van der Waals surface area (Å²) in [5.41, 5.74) is 7.48. The van der Waals surface area contributed by atoms with E-state index in [2.05, 4.69) is 21.6 Å². The van der Waals surface area contributed by atoms with Gasteiger partial charge in [0, 0.05) is 29.2 Å². The molecule has 0 aliphatic heterocycles. The predicted molar refractivity (Wildman–Crippen MR) is 93.6 cm³/mol. The molecule has 0 aliphatic carbocycles. The molecule has 1 aromatic carbocycles. The third-order valence-electron chi connectivity index (χ3n) is 3.63. The van der Waals surface area contributed by atoms with Crippen molar-refractivity contribution in [1.29, 1.82) is 5.26 Å². The third kappa shape index (κ3) is 3.15. The van der Waals surface area contributed by atoms with E-state index in [-0.39, 0.29) is 0 Å². The molecular weight excluding hydrogens is 306 g/mol. The minimum absolute atomic E-state index is 0.615. The van der Waals surface area contributed by atoms with Gasteiger partial charge in [-0.2, -0.15) is 10.4 Å². The molecule has 0 saturated carbocycles. The molecule has 0 bridgehead atoms. The first kappa shape index (κ1) is 15.0. The van der Waals surface area contributed by atoms with Crippen LogP contribution in [0.1, 0.15) is 17.0 Å². The lowest BCUT2D eigenvalue weighted by molar-refractivity contribution is 0.865. The number of nitriles is 1. The Morgan fingerprint density at radius 1 is 1.35 bits per heavy atom. The average molecular weight is 321 g/mol. The van der Waals surface area contributed by atoms with Crippen molar-refractivity contribution in [3.05, 3.63) is 58.7 Å². The van der Waals surface area contributed by atoms with Crippen LogP contribution < -0.4 is 5.43 Å². The number of aromatic nitrogens is 2. The van der Waals surface area contributed by atoms with Crippen LogP contribution in [0.5, 0.6) is 0 Å². The Balaban J connectivity index is 1.72. The molecular formula is C17H15N5S. The minimum Gasteiger partial charge on any atom is -0.339 e. The van der Waals surface area contributed by atoms with Gasteiger partial charge in [0.1, 0.15) is 11.8 Å². The van der Waals surface area contributed by atoms with E-state index >= 15 is 0 Å². The van der Waals surface area contributed by atoms with E-state index < -0.39 is 0 Å². The molecule has 0 spiro atoms. The van der Waals surface area contributed by atoms with E-state index in [4.69, 9.17) is 5.26 Å². The van der Waals surface area contributed by atoms with E-state index in [0.29, 0.717) is 5.69 Å². The maximum atomic E-state index is 9.03. The van der Waals surface area contributed by atoms with Gasteiger partial charge in [0.2, 0.25) is 5.13 Å². The van der Waals surface area contributed by atoms with Crippen LogP contribution in [0.4, 0.5) is 5.13 Å². The third-order valence-corrected chi connectivity index (χ3v) is 4.37. The van der Waals surface area contributed by atoms with E-state index in [1.165, 1.54) is 11.3 Å². The van der Waals surface area contributed by atoms with Gasteiger partial charge >= 0.3 is 0 Å². The van der Waals surface area contributed by atoms with Gasteiger partial charge in [0.05, 0.1) is 11.9 Å². The highest BCUT2D eigenvalue weighted by molar-refractivity contribution is 7.14. The van der Waals surface area contributed by atoms with Crippen molar-refractivity contribution in [2.45, 2.75) is 6.92 Å². The standard InChI is InChI=1S/C17H15N5S/c1-12-14(8-15(9-18)22(12)2)10-19-21-17-20-16(11-23-17)13-6-4-3-5-7-13/h3-8,10-11H,1-2H3,(H,20,21)/b19-10-. The molecule has 0 aliphatic rings. The van der Waals surface area contributed by atoms with Gasteiger partial charge in [-0.1, -0.05) is 30.3 Å². The second-order valence-corrected chi connectivity index (χ2v) is 5.87. The molecule has 23 heavy (non-hydrogen) atoms. The molecule has 1 N–H and O–H groups in total. The summed E-state index contributed by atoms with van der Waals surface area (Å²) < 4.78 is 1.85. The monoisotopic (exact) mass is 321 g/mol. The topological polar surface area (TPSA) is 66.0 Å². The first-order chi connectivity index (χ1) is 11.2. The number of thiazole rings is 1. The quantitative estimate of drug-likeness (QED) is 0.587. The highest BCUT2D eigenvalue weighted by Gasteiger charge is 2.07. The highest BCUT2D eigenvalue weighted by Crippen LogP contribution is 2.24. The van der Waals surface area contributed by atoms with Crippen LogP contribution in [-0.4, -0.2) is 15.8 Å². The van der Waals surface area contributed by atoms with E-state index in [1.807, 2.05) is 60.3 Å². The molecule has 2 heterocycles. The SMILES string of the molecule is Cc1c(/C=N\Nc2nc(-c3ccccc3)cs2)cc(C#N)n1C.